The minimum absolute atomic E-state index is 0.180. The fourth-order valence-corrected chi connectivity index (χ4v) is 2.01. The Morgan fingerprint density at radius 3 is 2.35 bits per heavy atom. The van der Waals surface area contributed by atoms with E-state index in [9.17, 15) is 0 Å². The molecule has 4 heteroatoms. The SMILES string of the molecule is CCCCC(CC)c1nnc(C(CC)NC)o1. The first-order valence-electron chi connectivity index (χ1n) is 6.77. The second kappa shape index (κ2) is 7.43. The van der Waals surface area contributed by atoms with Crippen molar-refractivity contribution in [3.8, 4) is 0 Å². The van der Waals surface area contributed by atoms with E-state index in [1.54, 1.807) is 0 Å². The summed E-state index contributed by atoms with van der Waals surface area (Å²) in [6, 6.07) is 0.180. The van der Waals surface area contributed by atoms with Crippen LogP contribution >= 0.6 is 0 Å². The minimum atomic E-state index is 0.180. The Labute approximate surface area is 104 Å². The molecule has 0 spiro atoms. The lowest BCUT2D eigenvalue weighted by Gasteiger charge is -2.10. The highest BCUT2D eigenvalue weighted by atomic mass is 16.4. The lowest BCUT2D eigenvalue weighted by atomic mass is 9.99. The fourth-order valence-electron chi connectivity index (χ4n) is 2.01. The van der Waals surface area contributed by atoms with Crippen molar-refractivity contribution in [1.29, 1.82) is 0 Å². The Morgan fingerprint density at radius 2 is 1.82 bits per heavy atom. The van der Waals surface area contributed by atoms with Crippen LogP contribution in [0.1, 0.15) is 76.6 Å². The summed E-state index contributed by atoms with van der Waals surface area (Å²) in [5.41, 5.74) is 0. The van der Waals surface area contributed by atoms with E-state index in [4.69, 9.17) is 4.42 Å². The van der Waals surface area contributed by atoms with Gasteiger partial charge < -0.3 is 9.73 Å². The van der Waals surface area contributed by atoms with Gasteiger partial charge in [0, 0.05) is 5.92 Å². The third-order valence-corrected chi connectivity index (χ3v) is 3.26. The summed E-state index contributed by atoms with van der Waals surface area (Å²) in [7, 11) is 1.92. The molecular formula is C13H25N3O. The maximum Gasteiger partial charge on any atom is 0.233 e. The van der Waals surface area contributed by atoms with Gasteiger partial charge in [0.15, 0.2) is 0 Å². The zero-order valence-electron chi connectivity index (χ0n) is 11.5. The van der Waals surface area contributed by atoms with Crippen LogP contribution in [-0.2, 0) is 0 Å². The molecule has 0 aromatic carbocycles. The molecule has 1 aromatic rings. The standard InChI is InChI=1S/C13H25N3O/c1-5-8-9-10(6-2)12-15-16-13(17-12)11(7-3)14-4/h10-11,14H,5-9H2,1-4H3. The smallest absolute Gasteiger partial charge is 0.233 e. The zero-order valence-corrected chi connectivity index (χ0v) is 11.5. The van der Waals surface area contributed by atoms with E-state index >= 15 is 0 Å². The second-order valence-electron chi connectivity index (χ2n) is 4.48. The molecule has 2 unspecified atom stereocenters. The van der Waals surface area contributed by atoms with Crippen molar-refractivity contribution in [1.82, 2.24) is 15.5 Å². The highest BCUT2D eigenvalue weighted by Crippen LogP contribution is 2.26. The molecule has 0 aliphatic carbocycles. The first kappa shape index (κ1) is 14.2. The number of hydrogen-bond donors (Lipinski definition) is 1. The number of nitrogens with one attached hydrogen (secondary N) is 1. The van der Waals surface area contributed by atoms with E-state index in [-0.39, 0.29) is 6.04 Å². The average molecular weight is 239 g/mol. The van der Waals surface area contributed by atoms with Gasteiger partial charge in [-0.15, -0.1) is 10.2 Å². The predicted octanol–water partition coefficient (Wildman–Crippen LogP) is 3.42. The van der Waals surface area contributed by atoms with Crippen LogP contribution in [0, 0.1) is 0 Å². The van der Waals surface area contributed by atoms with Crippen molar-refractivity contribution in [2.45, 2.75) is 64.8 Å². The van der Waals surface area contributed by atoms with Crippen LogP contribution in [0.2, 0.25) is 0 Å². The maximum atomic E-state index is 5.79. The molecule has 98 valence electrons. The molecule has 0 saturated carbocycles. The summed E-state index contributed by atoms with van der Waals surface area (Å²) in [6.07, 6.45) is 5.61. The second-order valence-corrected chi connectivity index (χ2v) is 4.48. The van der Waals surface area contributed by atoms with Gasteiger partial charge in [-0.05, 0) is 26.3 Å². The number of hydrogen-bond acceptors (Lipinski definition) is 4. The van der Waals surface area contributed by atoms with E-state index < -0.39 is 0 Å². The number of rotatable bonds is 8. The van der Waals surface area contributed by atoms with Gasteiger partial charge in [-0.25, -0.2) is 0 Å². The van der Waals surface area contributed by atoms with E-state index in [1.807, 2.05) is 7.05 Å². The summed E-state index contributed by atoms with van der Waals surface area (Å²) < 4.78 is 5.79. The van der Waals surface area contributed by atoms with Gasteiger partial charge in [0.2, 0.25) is 11.8 Å². The van der Waals surface area contributed by atoms with Crippen LogP contribution in [0.15, 0.2) is 4.42 Å². The first-order valence-corrected chi connectivity index (χ1v) is 6.77. The fraction of sp³-hybridized carbons (Fsp3) is 0.846. The zero-order chi connectivity index (χ0) is 12.7. The molecular weight excluding hydrogens is 214 g/mol. The Hall–Kier alpha value is -0.900. The number of nitrogens with zero attached hydrogens (tertiary/aromatic N) is 2. The van der Waals surface area contributed by atoms with E-state index in [0.717, 1.165) is 31.0 Å². The topological polar surface area (TPSA) is 51.0 Å². The van der Waals surface area contributed by atoms with Gasteiger partial charge in [0.05, 0.1) is 6.04 Å². The molecule has 1 aromatic heterocycles. The Bertz CT molecular complexity index is 307. The molecule has 4 nitrogen and oxygen atoms in total. The quantitative estimate of drug-likeness (QED) is 0.755. The van der Waals surface area contributed by atoms with Gasteiger partial charge in [-0.2, -0.15) is 0 Å². The van der Waals surface area contributed by atoms with Gasteiger partial charge >= 0.3 is 0 Å². The molecule has 0 bridgehead atoms. The van der Waals surface area contributed by atoms with Crippen LogP contribution in [0.3, 0.4) is 0 Å². The summed E-state index contributed by atoms with van der Waals surface area (Å²) >= 11 is 0. The third-order valence-electron chi connectivity index (χ3n) is 3.26. The van der Waals surface area contributed by atoms with Crippen molar-refractivity contribution in [2.75, 3.05) is 7.05 Å². The summed E-state index contributed by atoms with van der Waals surface area (Å²) in [5, 5.41) is 11.5. The average Bonchev–Trinajstić information content (AvgIpc) is 2.81. The Morgan fingerprint density at radius 1 is 1.12 bits per heavy atom. The predicted molar refractivity (Wildman–Crippen MR) is 68.9 cm³/mol. The molecule has 1 rings (SSSR count). The summed E-state index contributed by atoms with van der Waals surface area (Å²) in [6.45, 7) is 6.50. The van der Waals surface area contributed by atoms with Gasteiger partial charge in [0.1, 0.15) is 0 Å². The largest absolute Gasteiger partial charge is 0.423 e. The summed E-state index contributed by atoms with van der Waals surface area (Å²) in [5.74, 6) is 1.95. The van der Waals surface area contributed by atoms with Gasteiger partial charge in [-0.3, -0.25) is 0 Å². The van der Waals surface area contributed by atoms with Crippen molar-refractivity contribution in [3.63, 3.8) is 0 Å². The number of unbranched alkanes of at least 4 members (excludes halogenated alkanes) is 1. The lowest BCUT2D eigenvalue weighted by Crippen LogP contribution is -2.15. The van der Waals surface area contributed by atoms with Crippen molar-refractivity contribution in [2.24, 2.45) is 0 Å². The third kappa shape index (κ3) is 3.80. The molecule has 0 radical (unpaired) electrons. The van der Waals surface area contributed by atoms with Crippen LogP contribution in [0.25, 0.3) is 0 Å². The molecule has 0 amide bonds. The molecule has 0 aliphatic rings. The van der Waals surface area contributed by atoms with Crippen molar-refractivity contribution >= 4 is 0 Å². The van der Waals surface area contributed by atoms with Crippen molar-refractivity contribution < 1.29 is 4.42 Å². The molecule has 2 atom stereocenters. The van der Waals surface area contributed by atoms with Crippen molar-refractivity contribution in [3.05, 3.63) is 11.8 Å². The molecule has 1 heterocycles. The molecule has 0 saturated heterocycles. The molecule has 0 aliphatic heterocycles. The highest BCUT2D eigenvalue weighted by molar-refractivity contribution is 4.94. The van der Waals surface area contributed by atoms with Crippen LogP contribution < -0.4 is 5.32 Å². The normalized spacial score (nSPS) is 14.8. The molecule has 17 heavy (non-hydrogen) atoms. The minimum Gasteiger partial charge on any atom is -0.423 e. The van der Waals surface area contributed by atoms with Crippen LogP contribution in [0.4, 0.5) is 0 Å². The van der Waals surface area contributed by atoms with Crippen LogP contribution in [0.5, 0.6) is 0 Å². The Balaban J connectivity index is 2.70. The highest BCUT2D eigenvalue weighted by Gasteiger charge is 2.19. The Kier molecular flexibility index (Phi) is 6.19. The first-order chi connectivity index (χ1) is 8.26. The van der Waals surface area contributed by atoms with E-state index in [2.05, 4.69) is 36.3 Å². The maximum absolute atomic E-state index is 5.79. The molecule has 0 fully saturated rings. The summed E-state index contributed by atoms with van der Waals surface area (Å²) in [4.78, 5) is 0. The molecule has 1 N–H and O–H groups in total. The van der Waals surface area contributed by atoms with E-state index in [0.29, 0.717) is 5.92 Å². The lowest BCUT2D eigenvalue weighted by molar-refractivity contribution is 0.357. The number of aromatic nitrogens is 2. The van der Waals surface area contributed by atoms with Crippen LogP contribution in [-0.4, -0.2) is 17.2 Å². The van der Waals surface area contributed by atoms with Gasteiger partial charge in [-0.1, -0.05) is 33.6 Å². The van der Waals surface area contributed by atoms with E-state index in [1.165, 1.54) is 12.8 Å². The van der Waals surface area contributed by atoms with Gasteiger partial charge in [0.25, 0.3) is 0 Å². The monoisotopic (exact) mass is 239 g/mol.